The highest BCUT2D eigenvalue weighted by molar-refractivity contribution is 9.10. The lowest BCUT2D eigenvalue weighted by Crippen LogP contribution is -2.36. The molecule has 128 valence electrons. The molecule has 0 unspecified atom stereocenters. The van der Waals surface area contributed by atoms with E-state index in [9.17, 15) is 9.59 Å². The monoisotopic (exact) mass is 400 g/mol. The first-order chi connectivity index (χ1) is 12.0. The molecule has 7 heteroatoms. The zero-order valence-corrected chi connectivity index (χ0v) is 15.2. The first-order valence-electron chi connectivity index (χ1n) is 7.51. The lowest BCUT2D eigenvalue weighted by molar-refractivity contribution is -0.119. The van der Waals surface area contributed by atoms with Gasteiger partial charge in [0.05, 0.1) is 30.4 Å². The third-order valence-corrected chi connectivity index (χ3v) is 3.94. The van der Waals surface area contributed by atoms with Gasteiger partial charge >= 0.3 is 0 Å². The van der Waals surface area contributed by atoms with Crippen LogP contribution < -0.4 is 10.6 Å². The third-order valence-electron chi connectivity index (χ3n) is 3.25. The molecule has 25 heavy (non-hydrogen) atoms. The summed E-state index contributed by atoms with van der Waals surface area (Å²) in [4.78, 5) is 25.7. The van der Waals surface area contributed by atoms with E-state index in [-0.39, 0.29) is 24.9 Å². The van der Waals surface area contributed by atoms with E-state index in [1.807, 2.05) is 24.3 Å². The van der Waals surface area contributed by atoms with Crippen molar-refractivity contribution in [3.63, 3.8) is 0 Å². The lowest BCUT2D eigenvalue weighted by Gasteiger charge is -2.16. The molecule has 0 aliphatic rings. The average molecular weight is 401 g/mol. The van der Waals surface area contributed by atoms with Crippen LogP contribution in [-0.2, 0) is 9.59 Å². The zero-order valence-electron chi connectivity index (χ0n) is 13.6. The minimum atomic E-state index is -0.258. The number of nitrogens with zero attached hydrogens (tertiary/aromatic N) is 2. The van der Waals surface area contributed by atoms with E-state index < -0.39 is 0 Å². The topological polar surface area (TPSA) is 85.2 Å². The highest BCUT2D eigenvalue weighted by atomic mass is 79.9. The molecule has 0 fully saturated rings. The Bertz CT molecular complexity index is 817. The van der Waals surface area contributed by atoms with Crippen LogP contribution in [0.4, 0.5) is 11.4 Å². The van der Waals surface area contributed by atoms with Crippen LogP contribution in [0.5, 0.6) is 0 Å². The van der Waals surface area contributed by atoms with E-state index in [1.165, 1.54) is 0 Å². The Morgan fingerprint density at radius 2 is 1.76 bits per heavy atom. The Morgan fingerprint density at radius 3 is 2.44 bits per heavy atom. The number of likely N-dealkylation sites (N-methyl/N-ethyl adjacent to an activating group) is 1. The molecule has 0 bridgehead atoms. The first kappa shape index (κ1) is 18.6. The number of nitriles is 1. The van der Waals surface area contributed by atoms with Crippen molar-refractivity contribution in [3.8, 4) is 6.07 Å². The van der Waals surface area contributed by atoms with Gasteiger partial charge in [-0.1, -0.05) is 18.2 Å². The van der Waals surface area contributed by atoms with Crippen molar-refractivity contribution in [2.75, 3.05) is 30.8 Å². The number of amides is 2. The summed E-state index contributed by atoms with van der Waals surface area (Å²) in [7, 11) is 1.69. The molecule has 2 aromatic rings. The van der Waals surface area contributed by atoms with Crippen LogP contribution in [0.2, 0.25) is 0 Å². The van der Waals surface area contributed by atoms with Crippen molar-refractivity contribution in [2.45, 2.75) is 0 Å². The van der Waals surface area contributed by atoms with Gasteiger partial charge in [0.25, 0.3) is 0 Å². The van der Waals surface area contributed by atoms with Gasteiger partial charge in [-0.3, -0.25) is 14.5 Å². The van der Waals surface area contributed by atoms with E-state index in [0.717, 1.165) is 4.47 Å². The fourth-order valence-electron chi connectivity index (χ4n) is 2.17. The van der Waals surface area contributed by atoms with Gasteiger partial charge in [-0.05, 0) is 53.3 Å². The molecular formula is C18H17BrN4O2. The summed E-state index contributed by atoms with van der Waals surface area (Å²) in [5.74, 6) is -0.472. The minimum absolute atomic E-state index is 0.0557. The molecular weight excluding hydrogens is 384 g/mol. The van der Waals surface area contributed by atoms with Crippen LogP contribution in [0.3, 0.4) is 0 Å². The lowest BCUT2D eigenvalue weighted by atomic mass is 10.2. The van der Waals surface area contributed by atoms with Crippen molar-refractivity contribution in [1.82, 2.24) is 4.90 Å². The van der Waals surface area contributed by atoms with Crippen LogP contribution in [-0.4, -0.2) is 36.9 Å². The van der Waals surface area contributed by atoms with E-state index in [0.29, 0.717) is 16.9 Å². The SMILES string of the molecule is CN(CC(=O)Nc1cccc(C#N)c1)CC(=O)Nc1ccccc1Br. The standard InChI is InChI=1S/C18H17BrN4O2/c1-23(12-18(25)22-16-8-3-2-7-15(16)19)11-17(24)21-14-6-4-5-13(9-14)10-20/h2-9H,11-12H2,1H3,(H,21,24)(H,22,25). The summed E-state index contributed by atoms with van der Waals surface area (Å²) in [6.07, 6.45) is 0. The fourth-order valence-corrected chi connectivity index (χ4v) is 2.55. The maximum absolute atomic E-state index is 12.1. The zero-order chi connectivity index (χ0) is 18.2. The average Bonchev–Trinajstić information content (AvgIpc) is 2.56. The van der Waals surface area contributed by atoms with Crippen molar-refractivity contribution in [3.05, 3.63) is 58.6 Å². The number of hydrogen-bond donors (Lipinski definition) is 2. The van der Waals surface area contributed by atoms with Gasteiger partial charge < -0.3 is 10.6 Å². The number of para-hydroxylation sites is 1. The number of benzene rings is 2. The first-order valence-corrected chi connectivity index (χ1v) is 8.30. The van der Waals surface area contributed by atoms with E-state index in [1.54, 1.807) is 42.3 Å². The molecule has 2 aromatic carbocycles. The highest BCUT2D eigenvalue weighted by Crippen LogP contribution is 2.20. The van der Waals surface area contributed by atoms with Crippen LogP contribution >= 0.6 is 15.9 Å². The summed E-state index contributed by atoms with van der Waals surface area (Å²) >= 11 is 3.36. The van der Waals surface area contributed by atoms with Gasteiger partial charge in [-0.2, -0.15) is 5.26 Å². The predicted octanol–water partition coefficient (Wildman–Crippen LogP) is 2.83. The predicted molar refractivity (Wildman–Crippen MR) is 100 cm³/mol. The van der Waals surface area contributed by atoms with Gasteiger partial charge in [-0.25, -0.2) is 0 Å². The van der Waals surface area contributed by atoms with Crippen molar-refractivity contribution >= 4 is 39.1 Å². The maximum Gasteiger partial charge on any atom is 0.238 e. The summed E-state index contributed by atoms with van der Waals surface area (Å²) in [6.45, 7) is 0.132. The molecule has 0 radical (unpaired) electrons. The largest absolute Gasteiger partial charge is 0.325 e. The molecule has 0 spiro atoms. The van der Waals surface area contributed by atoms with E-state index in [2.05, 4.69) is 26.6 Å². The number of hydrogen-bond acceptors (Lipinski definition) is 4. The molecule has 0 aliphatic carbocycles. The normalized spacial score (nSPS) is 10.2. The minimum Gasteiger partial charge on any atom is -0.325 e. The number of carbonyl (C=O) groups is 2. The number of halogens is 1. The molecule has 0 aliphatic heterocycles. The van der Waals surface area contributed by atoms with Crippen LogP contribution in [0.15, 0.2) is 53.0 Å². The summed E-state index contributed by atoms with van der Waals surface area (Å²) in [6, 6.07) is 16.0. The molecule has 0 atom stereocenters. The Balaban J connectivity index is 1.83. The van der Waals surface area contributed by atoms with Crippen LogP contribution in [0, 0.1) is 11.3 Å². The van der Waals surface area contributed by atoms with Gasteiger partial charge in [0, 0.05) is 10.2 Å². The number of anilines is 2. The Labute approximate surface area is 154 Å². The number of nitrogens with one attached hydrogen (secondary N) is 2. The molecule has 2 N–H and O–H groups in total. The molecule has 0 heterocycles. The molecule has 2 rings (SSSR count). The molecule has 0 saturated heterocycles. The second-order valence-electron chi connectivity index (χ2n) is 5.44. The summed E-state index contributed by atoms with van der Waals surface area (Å²) in [5, 5.41) is 14.4. The molecule has 0 aromatic heterocycles. The van der Waals surface area contributed by atoms with Crippen LogP contribution in [0.25, 0.3) is 0 Å². The smallest absolute Gasteiger partial charge is 0.238 e. The van der Waals surface area contributed by atoms with Gasteiger partial charge in [-0.15, -0.1) is 0 Å². The van der Waals surface area contributed by atoms with Gasteiger partial charge in [0.15, 0.2) is 0 Å². The molecule has 0 saturated carbocycles. The summed E-state index contributed by atoms with van der Waals surface area (Å²) in [5.41, 5.74) is 1.70. The number of carbonyl (C=O) groups excluding carboxylic acids is 2. The van der Waals surface area contributed by atoms with Crippen molar-refractivity contribution in [1.29, 1.82) is 5.26 Å². The van der Waals surface area contributed by atoms with Crippen molar-refractivity contribution in [2.24, 2.45) is 0 Å². The van der Waals surface area contributed by atoms with Gasteiger partial charge in [0.1, 0.15) is 0 Å². The third kappa shape index (κ3) is 6.03. The van der Waals surface area contributed by atoms with E-state index >= 15 is 0 Å². The Hall–Kier alpha value is -2.69. The maximum atomic E-state index is 12.1. The van der Waals surface area contributed by atoms with E-state index in [4.69, 9.17) is 5.26 Å². The molecule has 6 nitrogen and oxygen atoms in total. The van der Waals surface area contributed by atoms with Gasteiger partial charge in [0.2, 0.25) is 11.8 Å². The fraction of sp³-hybridized carbons (Fsp3) is 0.167. The number of rotatable bonds is 6. The molecule has 2 amide bonds. The quantitative estimate of drug-likeness (QED) is 0.780. The second kappa shape index (κ2) is 8.97. The van der Waals surface area contributed by atoms with Crippen LogP contribution in [0.1, 0.15) is 5.56 Å². The second-order valence-corrected chi connectivity index (χ2v) is 6.30. The highest BCUT2D eigenvalue weighted by Gasteiger charge is 2.12. The summed E-state index contributed by atoms with van der Waals surface area (Å²) < 4.78 is 0.793. The Morgan fingerprint density at radius 1 is 1.08 bits per heavy atom. The Kier molecular flexibility index (Phi) is 6.69. The van der Waals surface area contributed by atoms with Crippen molar-refractivity contribution < 1.29 is 9.59 Å².